The number of rotatable bonds is 4. The lowest BCUT2D eigenvalue weighted by Gasteiger charge is -2.26. The Bertz CT molecular complexity index is 228. The monoisotopic (exact) mass is 229 g/mol. The van der Waals surface area contributed by atoms with Crippen molar-refractivity contribution in [3.05, 3.63) is 0 Å². The lowest BCUT2D eigenvalue weighted by atomic mass is 10.0. The fourth-order valence-electron chi connectivity index (χ4n) is 0.690. The van der Waals surface area contributed by atoms with Gasteiger partial charge >= 0.3 is 12.1 Å². The second-order valence-electron chi connectivity index (χ2n) is 3.37. The predicted octanol–water partition coefficient (Wildman–Crippen LogP) is 0.844. The van der Waals surface area contributed by atoms with Crippen molar-refractivity contribution in [1.29, 1.82) is 0 Å². The van der Waals surface area contributed by atoms with E-state index in [1.807, 2.05) is 0 Å². The summed E-state index contributed by atoms with van der Waals surface area (Å²) >= 11 is 0. The molecule has 2 N–H and O–H groups in total. The summed E-state index contributed by atoms with van der Waals surface area (Å²) in [6.45, 7) is 1.99. The molecule has 0 radical (unpaired) electrons. The molecule has 0 fully saturated rings. The van der Waals surface area contributed by atoms with Crippen LogP contribution < -0.4 is 5.73 Å². The van der Waals surface area contributed by atoms with Crippen molar-refractivity contribution in [3.63, 3.8) is 0 Å². The molecule has 0 aliphatic carbocycles. The molecule has 0 aromatic carbocycles. The van der Waals surface area contributed by atoms with E-state index in [1.165, 1.54) is 14.0 Å². The van der Waals surface area contributed by atoms with Gasteiger partial charge in [0, 0.05) is 7.11 Å². The Kier molecular flexibility index (Phi) is 4.54. The summed E-state index contributed by atoms with van der Waals surface area (Å²) in [6.07, 6.45) is -5.61. The molecule has 0 aliphatic rings. The third-order valence-corrected chi connectivity index (χ3v) is 1.72. The van der Waals surface area contributed by atoms with Gasteiger partial charge in [0.05, 0.1) is 6.61 Å². The summed E-state index contributed by atoms with van der Waals surface area (Å²) in [5.41, 5.74) is 1.85. The molecule has 90 valence electrons. The second kappa shape index (κ2) is 4.80. The molecule has 4 nitrogen and oxygen atoms in total. The van der Waals surface area contributed by atoms with E-state index in [4.69, 9.17) is 5.73 Å². The molecule has 0 amide bonds. The molecule has 0 rings (SSSR count). The highest BCUT2D eigenvalue weighted by Crippen LogP contribution is 2.29. The third-order valence-electron chi connectivity index (χ3n) is 1.72. The van der Waals surface area contributed by atoms with Gasteiger partial charge in [0.15, 0.2) is 0 Å². The van der Waals surface area contributed by atoms with Gasteiger partial charge in [0.2, 0.25) is 5.54 Å². The number of carbonyl (C=O) groups excluding carboxylic acids is 1. The highest BCUT2D eigenvalue weighted by molar-refractivity contribution is 5.81. The minimum Gasteiger partial charge on any atom is -0.459 e. The molecular formula is C8H14F3NO3. The van der Waals surface area contributed by atoms with E-state index in [0.717, 1.165) is 0 Å². The first kappa shape index (κ1) is 14.2. The van der Waals surface area contributed by atoms with Crippen LogP contribution in [0.1, 0.15) is 13.8 Å². The largest absolute Gasteiger partial charge is 0.459 e. The van der Waals surface area contributed by atoms with Crippen LogP contribution in [0.4, 0.5) is 13.2 Å². The average Bonchev–Trinajstić information content (AvgIpc) is 2.02. The van der Waals surface area contributed by atoms with Crippen LogP contribution in [0.25, 0.3) is 0 Å². The van der Waals surface area contributed by atoms with Gasteiger partial charge < -0.3 is 15.2 Å². The van der Waals surface area contributed by atoms with Gasteiger partial charge in [0.1, 0.15) is 6.10 Å². The molecule has 0 aromatic heterocycles. The summed E-state index contributed by atoms with van der Waals surface area (Å²) < 4.78 is 45.9. The van der Waals surface area contributed by atoms with E-state index in [2.05, 4.69) is 9.47 Å². The van der Waals surface area contributed by atoms with Crippen molar-refractivity contribution in [2.24, 2.45) is 5.73 Å². The molecule has 2 unspecified atom stereocenters. The molecule has 0 saturated heterocycles. The molecule has 0 saturated carbocycles. The predicted molar refractivity (Wildman–Crippen MR) is 46.1 cm³/mol. The zero-order valence-corrected chi connectivity index (χ0v) is 8.72. The van der Waals surface area contributed by atoms with Crippen LogP contribution in [0.2, 0.25) is 0 Å². The highest BCUT2D eigenvalue weighted by Gasteiger charge is 2.55. The molecule has 0 aromatic rings. The van der Waals surface area contributed by atoms with Crippen LogP contribution in [0.15, 0.2) is 0 Å². The summed E-state index contributed by atoms with van der Waals surface area (Å²) in [5, 5.41) is 0. The van der Waals surface area contributed by atoms with Gasteiger partial charge in [-0.1, -0.05) is 0 Å². The average molecular weight is 229 g/mol. The lowest BCUT2D eigenvalue weighted by Crippen LogP contribution is -2.58. The van der Waals surface area contributed by atoms with Crippen LogP contribution in [-0.2, 0) is 14.3 Å². The summed E-state index contributed by atoms with van der Waals surface area (Å²) in [4.78, 5) is 11.1. The van der Waals surface area contributed by atoms with Crippen LogP contribution in [0.5, 0.6) is 0 Å². The third kappa shape index (κ3) is 3.67. The van der Waals surface area contributed by atoms with E-state index >= 15 is 0 Å². The normalized spacial score (nSPS) is 18.1. The number of alkyl halides is 3. The Morgan fingerprint density at radius 2 is 1.93 bits per heavy atom. The van der Waals surface area contributed by atoms with Crippen molar-refractivity contribution in [3.8, 4) is 0 Å². The topological polar surface area (TPSA) is 61.5 Å². The van der Waals surface area contributed by atoms with E-state index < -0.39 is 23.8 Å². The maximum atomic E-state index is 12.3. The smallest absolute Gasteiger partial charge is 0.416 e. The number of hydrogen-bond acceptors (Lipinski definition) is 4. The van der Waals surface area contributed by atoms with Crippen LogP contribution >= 0.6 is 0 Å². The zero-order valence-electron chi connectivity index (χ0n) is 8.72. The molecule has 7 heteroatoms. The summed E-state index contributed by atoms with van der Waals surface area (Å²) in [7, 11) is 1.34. The maximum absolute atomic E-state index is 12.3. The number of halogens is 3. The summed E-state index contributed by atoms with van der Waals surface area (Å²) in [6, 6.07) is 0. The van der Waals surface area contributed by atoms with E-state index in [-0.39, 0.29) is 6.61 Å². The van der Waals surface area contributed by atoms with Crippen molar-refractivity contribution in [2.45, 2.75) is 31.7 Å². The number of esters is 1. The lowest BCUT2D eigenvalue weighted by molar-refractivity contribution is -0.205. The summed E-state index contributed by atoms with van der Waals surface area (Å²) in [5.74, 6) is -1.51. The van der Waals surface area contributed by atoms with E-state index in [0.29, 0.717) is 6.92 Å². The van der Waals surface area contributed by atoms with Gasteiger partial charge in [-0.2, -0.15) is 13.2 Å². The molecule has 0 bridgehead atoms. The van der Waals surface area contributed by atoms with Crippen molar-refractivity contribution < 1.29 is 27.4 Å². The van der Waals surface area contributed by atoms with Crippen molar-refractivity contribution >= 4 is 5.97 Å². The van der Waals surface area contributed by atoms with Gasteiger partial charge in [-0.15, -0.1) is 0 Å². The Labute approximate surface area is 85.5 Å². The highest BCUT2D eigenvalue weighted by atomic mass is 19.4. The first-order valence-electron chi connectivity index (χ1n) is 4.18. The molecule has 0 aliphatic heterocycles. The van der Waals surface area contributed by atoms with Crippen molar-refractivity contribution in [1.82, 2.24) is 0 Å². The second-order valence-corrected chi connectivity index (χ2v) is 3.37. The minimum absolute atomic E-state index is 0.0136. The Balaban J connectivity index is 4.45. The first-order chi connectivity index (χ1) is 6.63. The van der Waals surface area contributed by atoms with Gasteiger partial charge in [0.25, 0.3) is 0 Å². The number of hydrogen-bond donors (Lipinski definition) is 1. The fourth-order valence-corrected chi connectivity index (χ4v) is 0.690. The zero-order chi connectivity index (χ0) is 12.3. The molecular weight excluding hydrogens is 215 g/mol. The number of nitrogens with two attached hydrogens (primary N) is 1. The number of carbonyl (C=O) groups is 1. The van der Waals surface area contributed by atoms with Crippen LogP contribution in [-0.4, -0.2) is 37.5 Å². The molecule has 0 spiro atoms. The van der Waals surface area contributed by atoms with E-state index in [9.17, 15) is 18.0 Å². The molecule has 2 atom stereocenters. The van der Waals surface area contributed by atoms with Gasteiger partial charge in [-0.25, -0.2) is 4.79 Å². The standard InChI is InChI=1S/C8H14F3NO3/c1-5(4-14-3)15-6(13)7(2,12)8(9,10)11/h5H,4,12H2,1-3H3. The SMILES string of the molecule is COCC(C)OC(=O)C(C)(N)C(F)(F)F. The van der Waals surface area contributed by atoms with Gasteiger partial charge in [-0.3, -0.25) is 0 Å². The Hall–Kier alpha value is -0.820. The quantitative estimate of drug-likeness (QED) is 0.726. The van der Waals surface area contributed by atoms with E-state index in [1.54, 1.807) is 0 Å². The Morgan fingerprint density at radius 3 is 2.27 bits per heavy atom. The minimum atomic E-state index is -4.84. The van der Waals surface area contributed by atoms with Gasteiger partial charge in [-0.05, 0) is 13.8 Å². The fraction of sp³-hybridized carbons (Fsp3) is 0.875. The maximum Gasteiger partial charge on any atom is 0.416 e. The Morgan fingerprint density at radius 1 is 1.47 bits per heavy atom. The molecule has 15 heavy (non-hydrogen) atoms. The molecule has 0 heterocycles. The number of ether oxygens (including phenoxy) is 2. The van der Waals surface area contributed by atoms with Crippen LogP contribution in [0.3, 0.4) is 0 Å². The van der Waals surface area contributed by atoms with Crippen molar-refractivity contribution in [2.75, 3.05) is 13.7 Å². The van der Waals surface area contributed by atoms with Crippen LogP contribution in [0, 0.1) is 0 Å². The first-order valence-corrected chi connectivity index (χ1v) is 4.18. The number of methoxy groups -OCH3 is 1.